The van der Waals surface area contributed by atoms with E-state index in [1.807, 2.05) is 18.7 Å². The van der Waals surface area contributed by atoms with Crippen LogP contribution in [-0.2, 0) is 9.53 Å². The van der Waals surface area contributed by atoms with E-state index in [4.69, 9.17) is 15.7 Å². The Balaban J connectivity index is 2.39. The van der Waals surface area contributed by atoms with Crippen LogP contribution in [0.4, 0.5) is 0 Å². The van der Waals surface area contributed by atoms with Crippen molar-refractivity contribution in [2.24, 2.45) is 10.9 Å². The van der Waals surface area contributed by atoms with E-state index >= 15 is 0 Å². The molecule has 0 atom stereocenters. The number of rotatable bonds is 5. The molecule has 0 bridgehead atoms. The van der Waals surface area contributed by atoms with Gasteiger partial charge in [-0.15, -0.1) is 0 Å². The predicted molar refractivity (Wildman–Crippen MR) is 72.1 cm³/mol. The average molecular weight is 272 g/mol. The summed E-state index contributed by atoms with van der Waals surface area (Å²) in [5.74, 6) is 0.301. The van der Waals surface area contributed by atoms with Gasteiger partial charge in [-0.2, -0.15) is 0 Å². The van der Waals surface area contributed by atoms with E-state index in [2.05, 4.69) is 10.1 Å². The number of methoxy groups -OCH3 is 1. The Hall–Kier alpha value is -1.34. The first-order chi connectivity index (χ1) is 8.88. The number of amides is 1. The van der Waals surface area contributed by atoms with E-state index in [0.717, 1.165) is 13.1 Å². The summed E-state index contributed by atoms with van der Waals surface area (Å²) >= 11 is 0. The van der Waals surface area contributed by atoms with Gasteiger partial charge in [-0.25, -0.2) is 0 Å². The first-order valence-corrected chi connectivity index (χ1v) is 6.39. The molecular formula is C12H24N4O3. The molecule has 0 spiro atoms. The van der Waals surface area contributed by atoms with Gasteiger partial charge in [-0.1, -0.05) is 5.16 Å². The Morgan fingerprint density at radius 1 is 1.37 bits per heavy atom. The van der Waals surface area contributed by atoms with Crippen molar-refractivity contribution in [3.63, 3.8) is 0 Å². The van der Waals surface area contributed by atoms with E-state index in [-0.39, 0.29) is 11.7 Å². The van der Waals surface area contributed by atoms with Gasteiger partial charge in [0.15, 0.2) is 5.84 Å². The molecule has 0 aromatic rings. The van der Waals surface area contributed by atoms with Gasteiger partial charge in [0.25, 0.3) is 0 Å². The van der Waals surface area contributed by atoms with Crippen LogP contribution in [0.15, 0.2) is 5.16 Å². The minimum atomic E-state index is -0.428. The number of carbonyl (C=O) groups is 1. The lowest BCUT2D eigenvalue weighted by atomic mass is 10.0. The zero-order valence-corrected chi connectivity index (χ0v) is 11.9. The number of hydrogen-bond donors (Lipinski definition) is 2. The molecule has 0 saturated carbocycles. The van der Waals surface area contributed by atoms with E-state index in [9.17, 15) is 4.79 Å². The van der Waals surface area contributed by atoms with Crippen LogP contribution in [-0.4, -0.2) is 72.2 Å². The third-order valence-corrected chi connectivity index (χ3v) is 3.37. The SMILES string of the molecule is COC(C)(C)CC(=O)N1CCN(CC(N)=NO)CC1. The smallest absolute Gasteiger partial charge is 0.225 e. The number of piperazine rings is 1. The minimum Gasteiger partial charge on any atom is -0.409 e. The van der Waals surface area contributed by atoms with Crippen LogP contribution in [0, 0.1) is 0 Å². The third-order valence-electron chi connectivity index (χ3n) is 3.37. The minimum absolute atomic E-state index is 0.107. The molecule has 19 heavy (non-hydrogen) atoms. The molecule has 1 saturated heterocycles. The second-order valence-electron chi connectivity index (χ2n) is 5.39. The Morgan fingerprint density at radius 2 is 1.95 bits per heavy atom. The van der Waals surface area contributed by atoms with Crippen LogP contribution in [0.25, 0.3) is 0 Å². The number of ether oxygens (including phenoxy) is 1. The van der Waals surface area contributed by atoms with Crippen molar-refractivity contribution in [2.45, 2.75) is 25.9 Å². The largest absolute Gasteiger partial charge is 0.409 e. The summed E-state index contributed by atoms with van der Waals surface area (Å²) in [6.45, 7) is 7.03. The standard InChI is InChI=1S/C12H24N4O3/c1-12(2,19-3)8-11(17)16-6-4-15(5-7-16)9-10(13)14-18/h18H,4-9H2,1-3H3,(H2,13,14). The summed E-state index contributed by atoms with van der Waals surface area (Å²) in [7, 11) is 1.61. The number of amidine groups is 1. The lowest BCUT2D eigenvalue weighted by molar-refractivity contribution is -0.138. The maximum Gasteiger partial charge on any atom is 0.225 e. The second kappa shape index (κ2) is 6.72. The summed E-state index contributed by atoms with van der Waals surface area (Å²) in [5.41, 5.74) is 5.03. The highest BCUT2D eigenvalue weighted by Crippen LogP contribution is 2.15. The lowest BCUT2D eigenvalue weighted by Crippen LogP contribution is -2.51. The van der Waals surface area contributed by atoms with Gasteiger partial charge in [0.2, 0.25) is 5.91 Å². The molecule has 0 unspecified atom stereocenters. The molecule has 1 aliphatic heterocycles. The van der Waals surface area contributed by atoms with Gasteiger partial charge in [-0.05, 0) is 13.8 Å². The zero-order valence-electron chi connectivity index (χ0n) is 11.9. The van der Waals surface area contributed by atoms with Crippen molar-refractivity contribution in [1.29, 1.82) is 0 Å². The van der Waals surface area contributed by atoms with Crippen LogP contribution in [0.2, 0.25) is 0 Å². The molecule has 7 heteroatoms. The fraction of sp³-hybridized carbons (Fsp3) is 0.833. The van der Waals surface area contributed by atoms with E-state index < -0.39 is 5.60 Å². The Kier molecular flexibility index (Phi) is 5.56. The fourth-order valence-electron chi connectivity index (χ4n) is 1.96. The molecule has 1 amide bonds. The molecule has 0 aromatic heterocycles. The number of nitrogens with two attached hydrogens (primary N) is 1. The van der Waals surface area contributed by atoms with Gasteiger partial charge < -0.3 is 20.6 Å². The van der Waals surface area contributed by atoms with Crippen molar-refractivity contribution >= 4 is 11.7 Å². The summed E-state index contributed by atoms with van der Waals surface area (Å²) in [4.78, 5) is 16.0. The number of carbonyl (C=O) groups excluding carboxylic acids is 1. The Labute approximate surface area is 114 Å². The molecule has 0 radical (unpaired) electrons. The third kappa shape index (κ3) is 5.04. The van der Waals surface area contributed by atoms with Crippen molar-refractivity contribution < 1.29 is 14.7 Å². The van der Waals surface area contributed by atoms with Crippen molar-refractivity contribution in [3.05, 3.63) is 0 Å². The van der Waals surface area contributed by atoms with Crippen molar-refractivity contribution in [2.75, 3.05) is 39.8 Å². The van der Waals surface area contributed by atoms with Crippen LogP contribution < -0.4 is 5.73 Å². The van der Waals surface area contributed by atoms with E-state index in [1.54, 1.807) is 7.11 Å². The molecule has 3 N–H and O–H groups in total. The molecule has 0 aromatic carbocycles. The first kappa shape index (κ1) is 15.7. The van der Waals surface area contributed by atoms with Gasteiger partial charge in [-0.3, -0.25) is 9.69 Å². The second-order valence-corrected chi connectivity index (χ2v) is 5.39. The summed E-state index contributed by atoms with van der Waals surface area (Å²) in [6, 6.07) is 0. The van der Waals surface area contributed by atoms with E-state index in [0.29, 0.717) is 26.1 Å². The predicted octanol–water partition coefficient (Wildman–Crippen LogP) is -0.308. The molecule has 7 nitrogen and oxygen atoms in total. The van der Waals surface area contributed by atoms with Gasteiger partial charge in [0.05, 0.1) is 18.6 Å². The molecule has 110 valence electrons. The monoisotopic (exact) mass is 272 g/mol. The van der Waals surface area contributed by atoms with Crippen LogP contribution >= 0.6 is 0 Å². The number of hydrogen-bond acceptors (Lipinski definition) is 5. The van der Waals surface area contributed by atoms with Crippen LogP contribution in [0.3, 0.4) is 0 Å². The fourth-order valence-corrected chi connectivity index (χ4v) is 1.96. The molecule has 0 aliphatic carbocycles. The number of oxime groups is 1. The topological polar surface area (TPSA) is 91.4 Å². The Bertz CT molecular complexity index is 336. The van der Waals surface area contributed by atoms with Gasteiger partial charge >= 0.3 is 0 Å². The highest BCUT2D eigenvalue weighted by molar-refractivity contribution is 5.81. The maximum absolute atomic E-state index is 12.1. The van der Waals surface area contributed by atoms with Crippen molar-refractivity contribution in [1.82, 2.24) is 9.80 Å². The Morgan fingerprint density at radius 3 is 2.42 bits per heavy atom. The molecule has 1 fully saturated rings. The average Bonchev–Trinajstić information content (AvgIpc) is 2.39. The maximum atomic E-state index is 12.1. The quantitative estimate of drug-likeness (QED) is 0.310. The number of nitrogens with zero attached hydrogens (tertiary/aromatic N) is 3. The summed E-state index contributed by atoms with van der Waals surface area (Å²) in [5, 5.41) is 11.5. The molecule has 1 rings (SSSR count). The van der Waals surface area contributed by atoms with Gasteiger partial charge in [0.1, 0.15) is 0 Å². The summed E-state index contributed by atoms with van der Waals surface area (Å²) in [6.07, 6.45) is 0.379. The first-order valence-electron chi connectivity index (χ1n) is 6.39. The lowest BCUT2D eigenvalue weighted by Gasteiger charge is -2.35. The highest BCUT2D eigenvalue weighted by Gasteiger charge is 2.27. The molecule has 1 heterocycles. The molecular weight excluding hydrogens is 248 g/mol. The normalized spacial score (nSPS) is 18.7. The molecule has 1 aliphatic rings. The van der Waals surface area contributed by atoms with Crippen LogP contribution in [0.5, 0.6) is 0 Å². The van der Waals surface area contributed by atoms with E-state index in [1.165, 1.54) is 0 Å². The van der Waals surface area contributed by atoms with Crippen molar-refractivity contribution in [3.8, 4) is 0 Å². The van der Waals surface area contributed by atoms with Gasteiger partial charge in [0, 0.05) is 33.3 Å². The van der Waals surface area contributed by atoms with Crippen LogP contribution in [0.1, 0.15) is 20.3 Å². The zero-order chi connectivity index (χ0) is 14.5. The summed E-state index contributed by atoms with van der Waals surface area (Å²) < 4.78 is 5.27. The highest BCUT2D eigenvalue weighted by atomic mass is 16.5.